The summed E-state index contributed by atoms with van der Waals surface area (Å²) in [5.74, 6) is 0.528. The van der Waals surface area contributed by atoms with Gasteiger partial charge < -0.3 is 10.2 Å². The van der Waals surface area contributed by atoms with Gasteiger partial charge in [-0.2, -0.15) is 5.10 Å². The van der Waals surface area contributed by atoms with E-state index in [0.717, 1.165) is 48.1 Å². The quantitative estimate of drug-likeness (QED) is 0.714. The Morgan fingerprint density at radius 2 is 1.93 bits per heavy atom. The summed E-state index contributed by atoms with van der Waals surface area (Å²) in [6.07, 6.45) is 10.3. The lowest BCUT2D eigenvalue weighted by Crippen LogP contribution is -2.45. The van der Waals surface area contributed by atoms with E-state index >= 15 is 0 Å². The van der Waals surface area contributed by atoms with Crippen molar-refractivity contribution in [3.63, 3.8) is 0 Å². The number of amides is 2. The van der Waals surface area contributed by atoms with Crippen LogP contribution in [0.2, 0.25) is 0 Å². The van der Waals surface area contributed by atoms with Crippen molar-refractivity contribution >= 4 is 22.9 Å². The van der Waals surface area contributed by atoms with Crippen molar-refractivity contribution in [2.24, 2.45) is 0 Å². The van der Waals surface area contributed by atoms with Gasteiger partial charge in [-0.15, -0.1) is 0 Å². The van der Waals surface area contributed by atoms with Gasteiger partial charge in [0, 0.05) is 42.7 Å². The summed E-state index contributed by atoms with van der Waals surface area (Å²) in [4.78, 5) is 23.6. The van der Waals surface area contributed by atoms with Gasteiger partial charge in [-0.1, -0.05) is 12.8 Å². The normalized spacial score (nSPS) is 18.1. The molecule has 2 amide bonds. The van der Waals surface area contributed by atoms with Crippen LogP contribution in [0.1, 0.15) is 31.7 Å². The van der Waals surface area contributed by atoms with Crippen LogP contribution in [-0.2, 0) is 0 Å². The van der Waals surface area contributed by atoms with Crippen molar-refractivity contribution in [1.29, 1.82) is 0 Å². The average Bonchev–Trinajstić information content (AvgIpc) is 3.37. The molecule has 0 radical (unpaired) electrons. The fourth-order valence-electron chi connectivity index (χ4n) is 4.16. The minimum Gasteiger partial charge on any atom is -0.335 e. The molecule has 1 aliphatic carbocycles. The van der Waals surface area contributed by atoms with E-state index in [1.807, 2.05) is 29.2 Å². The van der Waals surface area contributed by atoms with Crippen LogP contribution in [0.5, 0.6) is 0 Å². The number of pyridine rings is 2. The molecule has 8 nitrogen and oxygen atoms in total. The van der Waals surface area contributed by atoms with Gasteiger partial charge in [-0.3, -0.25) is 15.0 Å². The lowest BCUT2D eigenvalue weighted by Gasteiger charge is -2.36. The molecule has 0 bridgehead atoms. The van der Waals surface area contributed by atoms with Crippen LogP contribution in [-0.4, -0.2) is 56.9 Å². The highest BCUT2D eigenvalue weighted by Crippen LogP contribution is 2.25. The second kappa shape index (κ2) is 7.44. The molecule has 2 fully saturated rings. The fourth-order valence-corrected chi connectivity index (χ4v) is 4.16. The van der Waals surface area contributed by atoms with Crippen LogP contribution in [0.3, 0.4) is 0 Å². The minimum absolute atomic E-state index is 0.195. The maximum atomic E-state index is 12.2. The molecule has 150 valence electrons. The number of likely N-dealkylation sites (tertiary alicyclic amines) is 1. The number of nitrogens with zero attached hydrogens (tertiary/aromatic N) is 5. The van der Waals surface area contributed by atoms with Gasteiger partial charge >= 0.3 is 6.03 Å². The Morgan fingerprint density at radius 3 is 2.72 bits per heavy atom. The number of urea groups is 1. The molecule has 1 aliphatic heterocycles. The minimum atomic E-state index is -0.195. The first-order chi connectivity index (χ1) is 14.1. The van der Waals surface area contributed by atoms with E-state index in [1.54, 1.807) is 6.07 Å². The fraction of sp³-hybridized carbons (Fsp3) is 0.429. The van der Waals surface area contributed by atoms with Crippen molar-refractivity contribution in [1.82, 2.24) is 30.0 Å². The highest BCUT2D eigenvalue weighted by Gasteiger charge is 2.25. The molecule has 1 saturated carbocycles. The SMILES string of the molecule is CN1CC(n2cc(-c3cnc4ccc(NC(=O)NC5CCCC5)nc4c3)cn2)C1. The number of hydrogen-bond donors (Lipinski definition) is 2. The smallest absolute Gasteiger partial charge is 0.320 e. The zero-order valence-electron chi connectivity index (χ0n) is 16.5. The first kappa shape index (κ1) is 18.1. The third-order valence-electron chi connectivity index (χ3n) is 5.82. The van der Waals surface area contributed by atoms with Crippen molar-refractivity contribution in [2.75, 3.05) is 25.5 Å². The Bertz CT molecular complexity index is 1030. The number of nitrogens with one attached hydrogen (secondary N) is 2. The van der Waals surface area contributed by atoms with Crippen molar-refractivity contribution < 1.29 is 4.79 Å². The first-order valence-corrected chi connectivity index (χ1v) is 10.2. The van der Waals surface area contributed by atoms with Crippen LogP contribution < -0.4 is 10.6 Å². The molecule has 0 atom stereocenters. The molecule has 29 heavy (non-hydrogen) atoms. The van der Waals surface area contributed by atoms with Crippen LogP contribution in [0, 0.1) is 0 Å². The predicted molar refractivity (Wildman–Crippen MR) is 112 cm³/mol. The molecular weight excluding hydrogens is 366 g/mol. The topological polar surface area (TPSA) is 88.0 Å². The third-order valence-corrected chi connectivity index (χ3v) is 5.82. The highest BCUT2D eigenvalue weighted by atomic mass is 16.2. The third kappa shape index (κ3) is 3.80. The van der Waals surface area contributed by atoms with Gasteiger partial charge in [-0.25, -0.2) is 9.78 Å². The predicted octanol–water partition coefficient (Wildman–Crippen LogP) is 3.04. The summed E-state index contributed by atoms with van der Waals surface area (Å²) >= 11 is 0. The van der Waals surface area contributed by atoms with Crippen molar-refractivity contribution in [3.05, 3.63) is 36.8 Å². The number of aromatic nitrogens is 4. The Kier molecular flexibility index (Phi) is 4.63. The van der Waals surface area contributed by atoms with Crippen LogP contribution >= 0.6 is 0 Å². The van der Waals surface area contributed by atoms with Gasteiger partial charge in [0.15, 0.2) is 0 Å². The monoisotopic (exact) mass is 391 g/mol. The molecule has 1 saturated heterocycles. The second-order valence-electron chi connectivity index (χ2n) is 8.12. The molecule has 4 heterocycles. The van der Waals surface area contributed by atoms with Crippen molar-refractivity contribution in [2.45, 2.75) is 37.8 Å². The van der Waals surface area contributed by atoms with E-state index < -0.39 is 0 Å². The summed E-state index contributed by atoms with van der Waals surface area (Å²) in [7, 11) is 2.11. The molecule has 0 spiro atoms. The van der Waals surface area contributed by atoms with Gasteiger partial charge in [0.05, 0.1) is 23.3 Å². The zero-order chi connectivity index (χ0) is 19.8. The van der Waals surface area contributed by atoms with Gasteiger partial charge in [0.2, 0.25) is 0 Å². The first-order valence-electron chi connectivity index (χ1n) is 10.2. The lowest BCUT2D eigenvalue weighted by atomic mass is 10.1. The van der Waals surface area contributed by atoms with Gasteiger partial charge in [0.25, 0.3) is 0 Å². The standard InChI is InChI=1S/C21H25N7O/c1-27-12-17(13-27)28-11-15(10-23-28)14-8-19-18(22-9-14)6-7-20(25-19)26-21(29)24-16-4-2-3-5-16/h6-11,16-17H,2-5,12-13H2,1H3,(H2,24,25,26,29). The molecule has 2 N–H and O–H groups in total. The summed E-state index contributed by atoms with van der Waals surface area (Å²) in [6, 6.07) is 6.18. The Labute approximate surface area is 169 Å². The zero-order valence-corrected chi connectivity index (χ0v) is 16.5. The molecule has 8 heteroatoms. The summed E-state index contributed by atoms with van der Waals surface area (Å²) in [6.45, 7) is 2.05. The molecule has 2 aliphatic rings. The van der Waals surface area contributed by atoms with Gasteiger partial charge in [0.1, 0.15) is 5.82 Å². The molecule has 3 aromatic heterocycles. The highest BCUT2D eigenvalue weighted by molar-refractivity contribution is 5.90. The number of likely N-dealkylation sites (N-methyl/N-ethyl adjacent to an activating group) is 1. The summed E-state index contributed by atoms with van der Waals surface area (Å²) in [5.41, 5.74) is 3.53. The number of carbonyl (C=O) groups is 1. The number of fused-ring (bicyclic) bond motifs is 1. The van der Waals surface area contributed by atoms with Gasteiger partial charge in [-0.05, 0) is 38.1 Å². The Morgan fingerprint density at radius 1 is 1.10 bits per heavy atom. The van der Waals surface area contributed by atoms with Crippen LogP contribution in [0.15, 0.2) is 36.8 Å². The maximum Gasteiger partial charge on any atom is 0.320 e. The number of carbonyl (C=O) groups excluding carboxylic acids is 1. The van der Waals surface area contributed by atoms with E-state index in [9.17, 15) is 4.79 Å². The van der Waals surface area contributed by atoms with Crippen molar-refractivity contribution in [3.8, 4) is 11.1 Å². The number of hydrogen-bond acceptors (Lipinski definition) is 5. The van der Waals surface area contributed by atoms with Crippen LogP contribution in [0.4, 0.5) is 10.6 Å². The lowest BCUT2D eigenvalue weighted by molar-refractivity contribution is 0.130. The molecule has 5 rings (SSSR count). The number of anilines is 1. The maximum absolute atomic E-state index is 12.2. The molecular formula is C21H25N7O. The summed E-state index contributed by atoms with van der Waals surface area (Å²) < 4.78 is 2.03. The molecule has 0 aromatic carbocycles. The second-order valence-corrected chi connectivity index (χ2v) is 8.12. The largest absolute Gasteiger partial charge is 0.335 e. The molecule has 3 aromatic rings. The van der Waals surface area contributed by atoms with Crippen LogP contribution in [0.25, 0.3) is 22.2 Å². The summed E-state index contributed by atoms with van der Waals surface area (Å²) in [5, 5.41) is 10.4. The van der Waals surface area contributed by atoms with E-state index in [-0.39, 0.29) is 12.1 Å². The molecule has 0 unspecified atom stereocenters. The Balaban J connectivity index is 1.33. The van der Waals surface area contributed by atoms with E-state index in [2.05, 4.69) is 43.8 Å². The average molecular weight is 391 g/mol. The number of rotatable bonds is 4. The Hall–Kier alpha value is -3.00. The van der Waals surface area contributed by atoms with E-state index in [1.165, 1.54) is 12.8 Å². The van der Waals surface area contributed by atoms with E-state index in [4.69, 9.17) is 0 Å². The van der Waals surface area contributed by atoms with E-state index in [0.29, 0.717) is 11.9 Å².